The molecule has 0 bridgehead atoms. The largest absolute Gasteiger partial charge is 0.347 e. The zero-order valence-electron chi connectivity index (χ0n) is 15.9. The van der Waals surface area contributed by atoms with Gasteiger partial charge in [-0.05, 0) is 42.8 Å². The van der Waals surface area contributed by atoms with E-state index in [1.807, 2.05) is 36.5 Å². The van der Waals surface area contributed by atoms with Gasteiger partial charge in [0.15, 0.2) is 5.78 Å². The monoisotopic (exact) mass is 413 g/mol. The van der Waals surface area contributed by atoms with E-state index in [0.717, 1.165) is 30.3 Å². The highest BCUT2D eigenvalue weighted by Crippen LogP contribution is 2.28. The third-order valence-corrected chi connectivity index (χ3v) is 5.18. The van der Waals surface area contributed by atoms with Gasteiger partial charge in [0, 0.05) is 40.2 Å². The maximum atomic E-state index is 14.1. The molecule has 0 N–H and O–H groups in total. The molecule has 1 aromatic heterocycles. The van der Waals surface area contributed by atoms with Gasteiger partial charge in [-0.3, -0.25) is 9.18 Å². The molecule has 4 aromatic rings. The molecule has 4 rings (SSSR count). The average molecular weight is 414 g/mol. The van der Waals surface area contributed by atoms with Crippen LogP contribution in [0.15, 0.2) is 66.9 Å². The topological polar surface area (TPSA) is 22.0 Å². The molecule has 0 saturated carbocycles. The molecule has 0 spiro atoms. The number of rotatable bonds is 7. The van der Waals surface area contributed by atoms with E-state index in [-0.39, 0.29) is 30.7 Å². The molecule has 0 radical (unpaired) electrons. The van der Waals surface area contributed by atoms with E-state index in [0.29, 0.717) is 28.3 Å². The molecule has 5 heteroatoms. The van der Waals surface area contributed by atoms with Crippen molar-refractivity contribution >= 4 is 39.9 Å². The quantitative estimate of drug-likeness (QED) is 0.243. The molecule has 150 valence electrons. The number of carbonyl (C=O) groups is 1. The molecule has 0 fully saturated rings. The first-order valence-corrected chi connectivity index (χ1v) is 9.56. The number of aromatic nitrogens is 1. The van der Waals surface area contributed by atoms with Gasteiger partial charge in [-0.25, -0.2) is 4.39 Å². The first kappa shape index (κ1) is 21.0. The highest BCUT2D eigenvalue weighted by atomic mass is 35.5. The number of aryl methyl sites for hydroxylation is 1. The highest BCUT2D eigenvalue weighted by molar-refractivity contribution is 6.21. The van der Waals surface area contributed by atoms with E-state index < -0.39 is 0 Å². The predicted octanol–water partition coefficient (Wildman–Crippen LogP) is 6.73. The lowest BCUT2D eigenvalue weighted by Gasteiger charge is -2.06. The summed E-state index contributed by atoms with van der Waals surface area (Å²) in [5.41, 5.74) is 2.09. The van der Waals surface area contributed by atoms with Crippen LogP contribution in [0.5, 0.6) is 0 Å². The Bertz CT molecular complexity index is 1150. The molecule has 3 aromatic carbocycles. The number of nitrogens with zero attached hydrogens (tertiary/aromatic N) is 1. The Hall–Kier alpha value is -2.72. The number of hydrogen-bond acceptors (Lipinski definition) is 1. The van der Waals surface area contributed by atoms with Crippen LogP contribution in [-0.4, -0.2) is 17.0 Å². The van der Waals surface area contributed by atoms with Gasteiger partial charge in [0.05, 0.1) is 6.67 Å². The summed E-state index contributed by atoms with van der Waals surface area (Å²) in [5, 5.41) is 1.95. The van der Waals surface area contributed by atoms with Crippen LogP contribution in [0.2, 0.25) is 0 Å². The summed E-state index contributed by atoms with van der Waals surface area (Å²) >= 11 is 0. The minimum atomic E-state index is -0.331. The summed E-state index contributed by atoms with van der Waals surface area (Å²) in [4.78, 5) is 13.4. The minimum absolute atomic E-state index is 0. The smallest absolute Gasteiger partial charge is 0.195 e. The van der Waals surface area contributed by atoms with Crippen LogP contribution in [-0.2, 0) is 6.54 Å². The van der Waals surface area contributed by atoms with E-state index in [9.17, 15) is 13.6 Å². The fourth-order valence-electron chi connectivity index (χ4n) is 3.77. The lowest BCUT2D eigenvalue weighted by molar-refractivity contribution is 0.104. The Morgan fingerprint density at radius 3 is 2.24 bits per heavy atom. The van der Waals surface area contributed by atoms with E-state index in [1.165, 1.54) is 6.07 Å². The molecule has 0 unspecified atom stereocenters. The molecule has 0 saturated heterocycles. The molecule has 0 atom stereocenters. The summed E-state index contributed by atoms with van der Waals surface area (Å²) in [6.45, 7) is 0.436. The second-order valence-electron chi connectivity index (χ2n) is 6.97. The molecule has 0 amide bonds. The molecule has 0 aliphatic heterocycles. The Morgan fingerprint density at radius 2 is 1.48 bits per heavy atom. The normalized spacial score (nSPS) is 11.0. The number of halogens is 3. The van der Waals surface area contributed by atoms with Gasteiger partial charge < -0.3 is 4.57 Å². The third-order valence-electron chi connectivity index (χ3n) is 5.18. The maximum absolute atomic E-state index is 14.1. The summed E-state index contributed by atoms with van der Waals surface area (Å²) in [6.07, 6.45) is 4.11. The van der Waals surface area contributed by atoms with Crippen LogP contribution in [0.25, 0.3) is 21.7 Å². The van der Waals surface area contributed by atoms with Gasteiger partial charge in [0.1, 0.15) is 5.82 Å². The van der Waals surface area contributed by atoms with Crippen LogP contribution < -0.4 is 0 Å². The third kappa shape index (κ3) is 4.03. The molecular formula is C24H22ClF2NO. The first-order valence-electron chi connectivity index (χ1n) is 9.56. The lowest BCUT2D eigenvalue weighted by atomic mass is 9.97. The standard InChI is InChI=1S/C24H21F2NO.ClH/c25-14-6-1-7-15-27-16-21(19-10-4-5-11-23(19)27)24(28)20-12-13-22(26)18-9-3-2-8-17(18)20;/h2-5,8-13,16H,1,6-7,14-15H2;1H. The molecular weight excluding hydrogens is 392 g/mol. The second-order valence-corrected chi connectivity index (χ2v) is 6.97. The number of ketones is 1. The van der Waals surface area contributed by atoms with Gasteiger partial charge in [-0.2, -0.15) is 0 Å². The van der Waals surface area contributed by atoms with E-state index in [1.54, 1.807) is 24.3 Å². The number of carbonyl (C=O) groups excluding carboxylic acids is 1. The van der Waals surface area contributed by atoms with Crippen molar-refractivity contribution in [1.29, 1.82) is 0 Å². The maximum Gasteiger partial charge on any atom is 0.195 e. The van der Waals surface area contributed by atoms with Crippen molar-refractivity contribution < 1.29 is 13.6 Å². The molecule has 1 heterocycles. The number of unbranched alkanes of at least 4 members (excludes halogenated alkanes) is 2. The second kappa shape index (κ2) is 9.19. The number of para-hydroxylation sites is 1. The molecule has 29 heavy (non-hydrogen) atoms. The molecule has 2 nitrogen and oxygen atoms in total. The van der Waals surface area contributed by atoms with Crippen LogP contribution in [0.1, 0.15) is 35.2 Å². The van der Waals surface area contributed by atoms with Crippen LogP contribution in [0.4, 0.5) is 8.78 Å². The number of fused-ring (bicyclic) bond motifs is 2. The van der Waals surface area contributed by atoms with Crippen LogP contribution >= 0.6 is 12.4 Å². The van der Waals surface area contributed by atoms with Gasteiger partial charge >= 0.3 is 0 Å². The fraction of sp³-hybridized carbons (Fsp3) is 0.208. The average Bonchev–Trinajstić information content (AvgIpc) is 3.10. The van der Waals surface area contributed by atoms with E-state index in [4.69, 9.17) is 0 Å². The van der Waals surface area contributed by atoms with Crippen molar-refractivity contribution in [3.63, 3.8) is 0 Å². The highest BCUT2D eigenvalue weighted by Gasteiger charge is 2.19. The SMILES string of the molecule is Cl.O=C(c1ccc(F)c2ccccc12)c1cn(CCCCCF)c2ccccc12. The Morgan fingerprint density at radius 1 is 0.793 bits per heavy atom. The van der Waals surface area contributed by atoms with Crippen molar-refractivity contribution in [1.82, 2.24) is 4.57 Å². The number of benzene rings is 3. The van der Waals surface area contributed by atoms with Crippen molar-refractivity contribution in [3.05, 3.63) is 83.8 Å². The minimum Gasteiger partial charge on any atom is -0.347 e. The Balaban J connectivity index is 0.00000240. The summed E-state index contributed by atoms with van der Waals surface area (Å²) < 4.78 is 28.6. The molecule has 0 aliphatic carbocycles. The van der Waals surface area contributed by atoms with Crippen molar-refractivity contribution in [2.45, 2.75) is 25.8 Å². The Kier molecular flexibility index (Phi) is 6.65. The predicted molar refractivity (Wildman–Crippen MR) is 116 cm³/mol. The number of hydrogen-bond donors (Lipinski definition) is 0. The fourth-order valence-corrected chi connectivity index (χ4v) is 3.77. The first-order chi connectivity index (χ1) is 13.7. The zero-order valence-corrected chi connectivity index (χ0v) is 16.7. The zero-order chi connectivity index (χ0) is 19.5. The van der Waals surface area contributed by atoms with Gasteiger partial charge in [-0.1, -0.05) is 42.5 Å². The lowest BCUT2D eigenvalue weighted by Crippen LogP contribution is -2.03. The summed E-state index contributed by atoms with van der Waals surface area (Å²) in [6, 6.07) is 17.7. The van der Waals surface area contributed by atoms with Crippen LogP contribution in [0, 0.1) is 5.82 Å². The Labute approximate surface area is 174 Å². The summed E-state index contributed by atoms with van der Waals surface area (Å²) in [7, 11) is 0. The van der Waals surface area contributed by atoms with E-state index >= 15 is 0 Å². The van der Waals surface area contributed by atoms with Gasteiger partial charge in [0.25, 0.3) is 0 Å². The van der Waals surface area contributed by atoms with Gasteiger partial charge in [-0.15, -0.1) is 12.4 Å². The van der Waals surface area contributed by atoms with Crippen molar-refractivity contribution in [2.24, 2.45) is 0 Å². The molecule has 0 aliphatic rings. The summed E-state index contributed by atoms with van der Waals surface area (Å²) in [5.74, 6) is -0.447. The number of alkyl halides is 1. The van der Waals surface area contributed by atoms with Gasteiger partial charge in [0.2, 0.25) is 0 Å². The van der Waals surface area contributed by atoms with E-state index in [2.05, 4.69) is 4.57 Å². The van der Waals surface area contributed by atoms with Crippen molar-refractivity contribution in [2.75, 3.05) is 6.67 Å². The van der Waals surface area contributed by atoms with Crippen LogP contribution in [0.3, 0.4) is 0 Å². The van der Waals surface area contributed by atoms with Crippen molar-refractivity contribution in [3.8, 4) is 0 Å².